The second-order valence-corrected chi connectivity index (χ2v) is 5.75. The molecule has 0 spiro atoms. The van der Waals surface area contributed by atoms with E-state index in [0.29, 0.717) is 11.6 Å². The minimum absolute atomic E-state index is 0.0756. The molecule has 0 aliphatic heterocycles. The molecule has 1 aromatic rings. The van der Waals surface area contributed by atoms with Gasteiger partial charge in [-0.1, -0.05) is 13.8 Å². The number of aryl methyl sites for hydroxylation is 1. The van der Waals surface area contributed by atoms with E-state index in [9.17, 15) is 4.79 Å². The Morgan fingerprint density at radius 2 is 2.11 bits per heavy atom. The first-order chi connectivity index (χ1) is 8.71. The van der Waals surface area contributed by atoms with Crippen LogP contribution in [0.5, 0.6) is 0 Å². The predicted molar refractivity (Wildman–Crippen MR) is 74.6 cm³/mol. The summed E-state index contributed by atoms with van der Waals surface area (Å²) in [7, 11) is 4.06. The Kier molecular flexibility index (Phi) is 4.83. The van der Waals surface area contributed by atoms with Crippen LogP contribution in [0.4, 0.5) is 5.95 Å². The molecule has 0 atom stereocenters. The molecular weight excluding hydrogens is 244 g/mol. The summed E-state index contributed by atoms with van der Waals surface area (Å²) in [6.07, 6.45) is 1.34. The number of carbonyl (C=O) groups is 1. The lowest BCUT2D eigenvalue weighted by molar-refractivity contribution is 0.0695. The molecule has 106 valence electrons. The summed E-state index contributed by atoms with van der Waals surface area (Å²) < 4.78 is 0. The van der Waals surface area contributed by atoms with Crippen LogP contribution >= 0.6 is 0 Å². The monoisotopic (exact) mass is 266 g/mol. The fourth-order valence-electron chi connectivity index (χ4n) is 1.99. The number of hydrogen-bond donors (Lipinski definition) is 2. The van der Waals surface area contributed by atoms with Gasteiger partial charge in [-0.2, -0.15) is 0 Å². The van der Waals surface area contributed by atoms with E-state index in [1.54, 1.807) is 6.92 Å². The van der Waals surface area contributed by atoms with Gasteiger partial charge in [-0.3, -0.25) is 0 Å². The number of anilines is 1. The van der Waals surface area contributed by atoms with E-state index in [0.717, 1.165) is 13.1 Å². The molecule has 0 aliphatic carbocycles. The highest BCUT2D eigenvalue weighted by molar-refractivity contribution is 5.88. The van der Waals surface area contributed by atoms with Crippen LogP contribution < -0.4 is 5.32 Å². The average Bonchev–Trinajstić information content (AvgIpc) is 2.24. The quantitative estimate of drug-likeness (QED) is 0.812. The number of carboxylic acids is 1. The van der Waals surface area contributed by atoms with Gasteiger partial charge in [-0.25, -0.2) is 14.8 Å². The van der Waals surface area contributed by atoms with E-state index in [-0.39, 0.29) is 11.0 Å². The van der Waals surface area contributed by atoms with Crippen LogP contribution in [0.15, 0.2) is 6.20 Å². The smallest absolute Gasteiger partial charge is 0.339 e. The number of rotatable bonds is 6. The Hall–Kier alpha value is -1.69. The van der Waals surface area contributed by atoms with Gasteiger partial charge in [0.1, 0.15) is 0 Å². The molecule has 1 heterocycles. The molecule has 0 saturated carbocycles. The van der Waals surface area contributed by atoms with Crippen molar-refractivity contribution in [1.29, 1.82) is 0 Å². The molecule has 19 heavy (non-hydrogen) atoms. The zero-order chi connectivity index (χ0) is 14.6. The van der Waals surface area contributed by atoms with Crippen LogP contribution in [0.25, 0.3) is 0 Å². The third-order valence-corrected chi connectivity index (χ3v) is 2.68. The van der Waals surface area contributed by atoms with Crippen LogP contribution in [-0.4, -0.2) is 53.1 Å². The lowest BCUT2D eigenvalue weighted by Crippen LogP contribution is -2.34. The summed E-state index contributed by atoms with van der Waals surface area (Å²) in [5, 5.41) is 12.1. The van der Waals surface area contributed by atoms with Gasteiger partial charge in [0.2, 0.25) is 5.95 Å². The van der Waals surface area contributed by atoms with Gasteiger partial charge in [0.15, 0.2) is 0 Å². The van der Waals surface area contributed by atoms with E-state index < -0.39 is 5.97 Å². The highest BCUT2D eigenvalue weighted by Gasteiger charge is 2.19. The Labute approximate surface area is 113 Å². The summed E-state index contributed by atoms with van der Waals surface area (Å²) in [6.45, 7) is 7.63. The van der Waals surface area contributed by atoms with Crippen molar-refractivity contribution in [3.05, 3.63) is 17.5 Å². The van der Waals surface area contributed by atoms with Gasteiger partial charge in [-0.05, 0) is 26.4 Å². The van der Waals surface area contributed by atoms with Gasteiger partial charge in [-0.15, -0.1) is 0 Å². The third-order valence-electron chi connectivity index (χ3n) is 2.68. The number of carboxylic acid groups (broad SMARTS) is 1. The molecule has 1 aromatic heterocycles. The fraction of sp³-hybridized carbons (Fsp3) is 0.615. The molecule has 0 unspecified atom stereocenters. The van der Waals surface area contributed by atoms with Crippen molar-refractivity contribution >= 4 is 11.9 Å². The number of aromatic carboxylic acids is 1. The van der Waals surface area contributed by atoms with Crippen molar-refractivity contribution < 1.29 is 9.90 Å². The molecule has 0 aromatic carbocycles. The molecule has 0 bridgehead atoms. The van der Waals surface area contributed by atoms with Crippen molar-refractivity contribution in [1.82, 2.24) is 14.9 Å². The maximum absolute atomic E-state index is 10.9. The third kappa shape index (κ3) is 4.82. The van der Waals surface area contributed by atoms with E-state index in [2.05, 4.69) is 34.0 Å². The SMILES string of the molecule is Cc1nc(NCC(C)(C)CN(C)C)ncc1C(=O)O. The van der Waals surface area contributed by atoms with E-state index in [1.807, 2.05) is 14.1 Å². The average molecular weight is 266 g/mol. The summed E-state index contributed by atoms with van der Waals surface area (Å²) in [5.74, 6) is -0.536. The molecule has 6 heteroatoms. The normalized spacial score (nSPS) is 11.7. The maximum atomic E-state index is 10.9. The zero-order valence-electron chi connectivity index (χ0n) is 12.2. The second-order valence-electron chi connectivity index (χ2n) is 5.75. The Balaban J connectivity index is 2.69. The molecular formula is C13H22N4O2. The topological polar surface area (TPSA) is 78.4 Å². The van der Waals surface area contributed by atoms with Crippen LogP contribution in [-0.2, 0) is 0 Å². The maximum Gasteiger partial charge on any atom is 0.339 e. The van der Waals surface area contributed by atoms with Crippen molar-refractivity contribution in [2.45, 2.75) is 20.8 Å². The van der Waals surface area contributed by atoms with E-state index >= 15 is 0 Å². The molecule has 0 fully saturated rings. The molecule has 0 radical (unpaired) electrons. The molecule has 0 amide bonds. The molecule has 2 N–H and O–H groups in total. The predicted octanol–water partition coefficient (Wildman–Crippen LogP) is 1.48. The fourth-order valence-corrected chi connectivity index (χ4v) is 1.99. The Morgan fingerprint density at radius 1 is 1.47 bits per heavy atom. The highest BCUT2D eigenvalue weighted by Crippen LogP contribution is 2.16. The minimum Gasteiger partial charge on any atom is -0.478 e. The van der Waals surface area contributed by atoms with E-state index in [4.69, 9.17) is 5.11 Å². The molecule has 0 aliphatic rings. The number of nitrogens with zero attached hydrogens (tertiary/aromatic N) is 3. The summed E-state index contributed by atoms with van der Waals surface area (Å²) in [4.78, 5) is 21.2. The minimum atomic E-state index is -1.00. The highest BCUT2D eigenvalue weighted by atomic mass is 16.4. The number of nitrogens with one attached hydrogen (secondary N) is 1. The lowest BCUT2D eigenvalue weighted by Gasteiger charge is -2.28. The Bertz CT molecular complexity index is 458. The standard InChI is InChI=1S/C13H22N4O2/c1-9-10(11(18)19)6-14-12(16-9)15-7-13(2,3)8-17(4)5/h6H,7-8H2,1-5H3,(H,18,19)(H,14,15,16). The number of hydrogen-bond acceptors (Lipinski definition) is 5. The number of aromatic nitrogens is 2. The zero-order valence-corrected chi connectivity index (χ0v) is 12.2. The lowest BCUT2D eigenvalue weighted by atomic mass is 9.93. The van der Waals surface area contributed by atoms with Gasteiger partial charge in [0, 0.05) is 19.3 Å². The molecule has 6 nitrogen and oxygen atoms in total. The molecule has 0 saturated heterocycles. The van der Waals surface area contributed by atoms with Gasteiger partial charge >= 0.3 is 5.97 Å². The van der Waals surface area contributed by atoms with Crippen LogP contribution in [0, 0.1) is 12.3 Å². The van der Waals surface area contributed by atoms with Crippen LogP contribution in [0.1, 0.15) is 29.9 Å². The Morgan fingerprint density at radius 3 is 2.58 bits per heavy atom. The largest absolute Gasteiger partial charge is 0.478 e. The summed E-state index contributed by atoms with van der Waals surface area (Å²) in [6, 6.07) is 0. The molecule has 1 rings (SSSR count). The van der Waals surface area contributed by atoms with Crippen molar-refractivity contribution in [2.75, 3.05) is 32.5 Å². The van der Waals surface area contributed by atoms with Crippen molar-refractivity contribution in [3.63, 3.8) is 0 Å². The van der Waals surface area contributed by atoms with Crippen molar-refractivity contribution in [3.8, 4) is 0 Å². The second kappa shape index (κ2) is 5.97. The first-order valence-corrected chi connectivity index (χ1v) is 6.17. The van der Waals surface area contributed by atoms with Crippen LogP contribution in [0.3, 0.4) is 0 Å². The van der Waals surface area contributed by atoms with Crippen molar-refractivity contribution in [2.24, 2.45) is 5.41 Å². The summed E-state index contributed by atoms with van der Waals surface area (Å²) >= 11 is 0. The van der Waals surface area contributed by atoms with Gasteiger partial charge < -0.3 is 15.3 Å². The van der Waals surface area contributed by atoms with Gasteiger partial charge in [0.05, 0.1) is 11.3 Å². The van der Waals surface area contributed by atoms with Crippen LogP contribution in [0.2, 0.25) is 0 Å². The summed E-state index contributed by atoms with van der Waals surface area (Å²) in [5.41, 5.74) is 0.681. The van der Waals surface area contributed by atoms with Gasteiger partial charge in [0.25, 0.3) is 0 Å². The first kappa shape index (κ1) is 15.4. The first-order valence-electron chi connectivity index (χ1n) is 6.17. The van der Waals surface area contributed by atoms with E-state index in [1.165, 1.54) is 6.20 Å².